The number of nitrogens with zero attached hydrogens (tertiary/aromatic N) is 2. The summed E-state index contributed by atoms with van der Waals surface area (Å²) in [7, 11) is 1.44. The van der Waals surface area contributed by atoms with E-state index in [0.29, 0.717) is 20.3 Å². The van der Waals surface area contributed by atoms with Gasteiger partial charge in [-0.1, -0.05) is 78.4 Å². The minimum Gasteiger partial charge on any atom is -0.504 e. The van der Waals surface area contributed by atoms with Crippen molar-refractivity contribution in [3.05, 3.63) is 145 Å². The second-order valence-electron chi connectivity index (χ2n) is 13.6. The standard InChI is InChI=1S/C41H31IN2O8/c1-52-33-18-23(17-32(42)38(33)47)36-27-15-16-28-35(40(49)43(39(28)48)25-13-8-14-26(19-25)44(50)51)30(27)20-31-37(46)29(22-9-4-2-5-10-22)21-34(45)41(31,36)24-11-6-3-7-12-24/h2-15,17-19,21,28,30-31,35-36,47H,16,20H2,1H3/t28-,30+,31-,35-,36-,41-/m0/s1. The molecule has 1 aliphatic heterocycles. The first-order valence-corrected chi connectivity index (χ1v) is 18.0. The monoisotopic (exact) mass is 806 g/mol. The lowest BCUT2D eigenvalue weighted by molar-refractivity contribution is -0.384. The molecule has 2 amide bonds. The lowest BCUT2D eigenvalue weighted by Gasteiger charge is -2.55. The zero-order chi connectivity index (χ0) is 36.5. The summed E-state index contributed by atoms with van der Waals surface area (Å²) in [6, 6.07) is 27.2. The minimum atomic E-state index is -1.44. The molecule has 260 valence electrons. The second kappa shape index (κ2) is 12.7. The number of ether oxygens (including phenoxy) is 1. The maximum atomic E-state index is 15.2. The van der Waals surface area contributed by atoms with Crippen LogP contribution >= 0.6 is 22.6 Å². The van der Waals surface area contributed by atoms with Crippen LogP contribution in [0.4, 0.5) is 11.4 Å². The molecule has 8 rings (SSSR count). The first kappa shape index (κ1) is 33.7. The number of allylic oxidation sites excluding steroid dienone is 4. The SMILES string of the molecule is COc1cc([C@H]2C3=CC[C@@H]4C(=O)N(c5cccc([N+](=O)[O-])c5)C(=O)[C@@H]4[C@@H]3C[C@H]3C(=O)C(c4ccccc4)=CC(=O)[C@@]23c2ccccc2)cc(I)c1O. The van der Waals surface area contributed by atoms with E-state index in [1.807, 2.05) is 65.1 Å². The molecule has 10 nitrogen and oxygen atoms in total. The number of nitro benzene ring substituents is 1. The quantitative estimate of drug-likeness (QED) is 0.0726. The van der Waals surface area contributed by atoms with E-state index in [2.05, 4.69) is 0 Å². The Hall–Kier alpha value is -5.43. The van der Waals surface area contributed by atoms with Gasteiger partial charge in [0.15, 0.2) is 23.1 Å². The number of hydrogen-bond acceptors (Lipinski definition) is 8. The predicted octanol–water partition coefficient (Wildman–Crippen LogP) is 6.94. The number of phenolic OH excluding ortho intramolecular Hbond substituents is 1. The van der Waals surface area contributed by atoms with Crippen molar-refractivity contribution in [3.8, 4) is 11.5 Å². The molecule has 4 aromatic carbocycles. The van der Waals surface area contributed by atoms with Gasteiger partial charge < -0.3 is 9.84 Å². The Balaban J connectivity index is 1.37. The number of anilines is 1. The molecule has 1 saturated heterocycles. The van der Waals surface area contributed by atoms with E-state index in [1.165, 1.54) is 37.5 Å². The number of hydrogen-bond donors (Lipinski definition) is 1. The molecule has 6 atom stereocenters. The number of rotatable bonds is 6. The molecule has 4 aliphatic rings. The molecule has 2 fully saturated rings. The Morgan fingerprint density at radius 2 is 1.62 bits per heavy atom. The summed E-state index contributed by atoms with van der Waals surface area (Å²) >= 11 is 2.01. The van der Waals surface area contributed by atoms with E-state index < -0.39 is 51.7 Å². The van der Waals surface area contributed by atoms with Gasteiger partial charge in [-0.3, -0.25) is 29.3 Å². The topological polar surface area (TPSA) is 144 Å². The summed E-state index contributed by atoms with van der Waals surface area (Å²) in [4.78, 5) is 71.0. The first-order valence-electron chi connectivity index (χ1n) is 16.9. The van der Waals surface area contributed by atoms with Gasteiger partial charge in [-0.15, -0.1) is 0 Å². The molecular formula is C41H31IN2O8. The molecule has 0 radical (unpaired) electrons. The van der Waals surface area contributed by atoms with E-state index in [9.17, 15) is 24.8 Å². The van der Waals surface area contributed by atoms with E-state index in [4.69, 9.17) is 4.74 Å². The number of aromatic hydroxyl groups is 1. The normalized spacial score (nSPS) is 26.6. The third kappa shape index (κ3) is 4.89. The smallest absolute Gasteiger partial charge is 0.271 e. The van der Waals surface area contributed by atoms with Crippen LogP contribution in [0.2, 0.25) is 0 Å². The molecule has 0 bridgehead atoms. The van der Waals surface area contributed by atoms with Crippen molar-refractivity contribution in [1.29, 1.82) is 0 Å². The van der Waals surface area contributed by atoms with Crippen LogP contribution in [0.15, 0.2) is 115 Å². The number of non-ortho nitro benzene ring substituents is 1. The Morgan fingerprint density at radius 1 is 0.904 bits per heavy atom. The van der Waals surface area contributed by atoms with Gasteiger partial charge in [-0.2, -0.15) is 0 Å². The van der Waals surface area contributed by atoms with Crippen LogP contribution in [-0.4, -0.2) is 40.5 Å². The highest BCUT2D eigenvalue weighted by atomic mass is 127. The van der Waals surface area contributed by atoms with Gasteiger partial charge in [-0.05, 0) is 82.3 Å². The molecule has 11 heteroatoms. The van der Waals surface area contributed by atoms with Gasteiger partial charge in [0.05, 0.1) is 38.5 Å². The number of benzene rings is 4. The molecule has 52 heavy (non-hydrogen) atoms. The van der Waals surface area contributed by atoms with E-state index in [-0.39, 0.29) is 52.9 Å². The zero-order valence-electron chi connectivity index (χ0n) is 27.8. The number of carbonyl (C=O) groups is 4. The summed E-state index contributed by atoms with van der Waals surface area (Å²) in [5, 5.41) is 22.5. The average molecular weight is 807 g/mol. The predicted molar refractivity (Wildman–Crippen MR) is 200 cm³/mol. The van der Waals surface area contributed by atoms with Crippen LogP contribution in [0.1, 0.15) is 35.4 Å². The first-order chi connectivity index (χ1) is 25.1. The maximum absolute atomic E-state index is 15.2. The van der Waals surface area contributed by atoms with Crippen molar-refractivity contribution in [1.82, 2.24) is 0 Å². The number of nitro groups is 1. The Morgan fingerprint density at radius 3 is 2.31 bits per heavy atom. The van der Waals surface area contributed by atoms with Crippen LogP contribution in [0.25, 0.3) is 5.57 Å². The fraction of sp³-hybridized carbons (Fsp3) is 0.220. The van der Waals surface area contributed by atoms with Gasteiger partial charge >= 0.3 is 0 Å². The summed E-state index contributed by atoms with van der Waals surface area (Å²) in [5.41, 5.74) is 1.32. The molecule has 4 aromatic rings. The highest BCUT2D eigenvalue weighted by Crippen LogP contribution is 2.64. The number of ketones is 2. The largest absolute Gasteiger partial charge is 0.504 e. The summed E-state index contributed by atoms with van der Waals surface area (Å²) in [6.07, 6.45) is 3.71. The van der Waals surface area contributed by atoms with Crippen LogP contribution in [0, 0.1) is 37.4 Å². The highest BCUT2D eigenvalue weighted by Gasteiger charge is 2.66. The van der Waals surface area contributed by atoms with Crippen molar-refractivity contribution >= 4 is 62.9 Å². The molecule has 0 spiro atoms. The molecule has 1 saturated carbocycles. The van der Waals surface area contributed by atoms with Gasteiger partial charge in [0.25, 0.3) is 5.69 Å². The summed E-state index contributed by atoms with van der Waals surface area (Å²) in [5.74, 6) is -5.34. The lowest BCUT2D eigenvalue weighted by Crippen LogP contribution is -2.58. The number of carbonyl (C=O) groups excluding carboxylic acids is 4. The Bertz CT molecular complexity index is 2270. The molecule has 0 unspecified atom stereocenters. The van der Waals surface area contributed by atoms with Gasteiger partial charge in [0.1, 0.15) is 0 Å². The van der Waals surface area contributed by atoms with Crippen molar-refractivity contribution in [2.24, 2.45) is 23.7 Å². The number of methoxy groups -OCH3 is 1. The van der Waals surface area contributed by atoms with Gasteiger partial charge in [-0.25, -0.2) is 4.90 Å². The molecule has 0 aromatic heterocycles. The van der Waals surface area contributed by atoms with Crippen molar-refractivity contribution in [3.63, 3.8) is 0 Å². The number of halogens is 1. The second-order valence-corrected chi connectivity index (χ2v) is 14.8. The van der Waals surface area contributed by atoms with E-state index in [1.54, 1.807) is 36.4 Å². The van der Waals surface area contributed by atoms with Crippen molar-refractivity contribution < 1.29 is 33.9 Å². The molecular weight excluding hydrogens is 775 g/mol. The highest BCUT2D eigenvalue weighted by molar-refractivity contribution is 14.1. The van der Waals surface area contributed by atoms with Crippen LogP contribution < -0.4 is 9.64 Å². The summed E-state index contributed by atoms with van der Waals surface area (Å²) < 4.78 is 6.06. The molecule has 1 heterocycles. The fourth-order valence-electron chi connectivity index (χ4n) is 9.17. The maximum Gasteiger partial charge on any atom is 0.271 e. The lowest BCUT2D eigenvalue weighted by atomic mass is 9.44. The van der Waals surface area contributed by atoms with Crippen molar-refractivity contribution in [2.75, 3.05) is 12.0 Å². The number of phenols is 1. The third-order valence-electron chi connectivity index (χ3n) is 11.3. The van der Waals surface area contributed by atoms with Gasteiger partial charge in [0.2, 0.25) is 11.8 Å². The van der Waals surface area contributed by atoms with Crippen LogP contribution in [0.5, 0.6) is 11.5 Å². The summed E-state index contributed by atoms with van der Waals surface area (Å²) in [6.45, 7) is 0. The van der Waals surface area contributed by atoms with E-state index >= 15 is 9.59 Å². The third-order valence-corrected chi connectivity index (χ3v) is 12.1. The number of Topliss-reactive ketones (excluding diaryl/α,β-unsaturated/α-hetero) is 1. The number of amides is 2. The number of imide groups is 1. The van der Waals surface area contributed by atoms with Crippen LogP contribution in [0.3, 0.4) is 0 Å². The van der Waals surface area contributed by atoms with Crippen LogP contribution in [-0.2, 0) is 24.6 Å². The fourth-order valence-corrected chi connectivity index (χ4v) is 9.79. The Labute approximate surface area is 312 Å². The van der Waals surface area contributed by atoms with Crippen molar-refractivity contribution in [2.45, 2.75) is 24.2 Å². The van der Waals surface area contributed by atoms with E-state index in [0.717, 1.165) is 10.5 Å². The average Bonchev–Trinajstić information content (AvgIpc) is 3.42. The Kier molecular flexibility index (Phi) is 8.20. The molecule has 3 aliphatic carbocycles. The number of fused-ring (bicyclic) bond motifs is 4. The zero-order valence-corrected chi connectivity index (χ0v) is 29.9. The minimum absolute atomic E-state index is 0.0660. The van der Waals surface area contributed by atoms with Gasteiger partial charge in [0, 0.05) is 29.5 Å². The molecule has 1 N–H and O–H groups in total.